The van der Waals surface area contributed by atoms with E-state index in [-0.39, 0.29) is 0 Å². The molecule has 5 heteroatoms. The van der Waals surface area contributed by atoms with Gasteiger partial charge in [0, 0.05) is 6.54 Å². The fourth-order valence-electron chi connectivity index (χ4n) is 2.11. The Labute approximate surface area is 122 Å². The van der Waals surface area contributed by atoms with Crippen molar-refractivity contribution in [1.29, 1.82) is 0 Å². The highest BCUT2D eigenvalue weighted by Crippen LogP contribution is 2.30. The van der Waals surface area contributed by atoms with E-state index in [1.807, 2.05) is 43.3 Å². The zero-order valence-electron chi connectivity index (χ0n) is 11.7. The summed E-state index contributed by atoms with van der Waals surface area (Å²) in [4.78, 5) is 8.19. The van der Waals surface area contributed by atoms with Gasteiger partial charge in [0.1, 0.15) is 17.8 Å². The van der Waals surface area contributed by atoms with E-state index in [0.29, 0.717) is 23.1 Å². The molecule has 2 aromatic carbocycles. The van der Waals surface area contributed by atoms with Crippen molar-refractivity contribution in [2.45, 2.75) is 6.92 Å². The van der Waals surface area contributed by atoms with Gasteiger partial charge in [-0.2, -0.15) is 4.98 Å². The minimum Gasteiger partial charge on any atom is -0.437 e. The lowest BCUT2D eigenvalue weighted by atomic mass is 10.1. The molecule has 1 heterocycles. The molecule has 0 unspecified atom stereocenters. The van der Waals surface area contributed by atoms with Crippen molar-refractivity contribution >= 4 is 22.3 Å². The Morgan fingerprint density at radius 1 is 1.10 bits per heavy atom. The fourth-order valence-corrected chi connectivity index (χ4v) is 2.11. The van der Waals surface area contributed by atoms with Crippen LogP contribution >= 0.6 is 0 Å². The molecule has 0 aliphatic rings. The molecule has 0 saturated heterocycles. The van der Waals surface area contributed by atoms with Crippen molar-refractivity contribution in [3.63, 3.8) is 0 Å². The molecule has 21 heavy (non-hydrogen) atoms. The minimum absolute atomic E-state index is 0.358. The number of benzene rings is 2. The summed E-state index contributed by atoms with van der Waals surface area (Å²) in [5, 5.41) is 5.34. The maximum atomic E-state index is 6.02. The molecule has 106 valence electrons. The number of rotatable bonds is 4. The average Bonchev–Trinajstić information content (AvgIpc) is 2.51. The maximum absolute atomic E-state index is 6.02. The molecule has 0 bridgehead atoms. The van der Waals surface area contributed by atoms with Crippen molar-refractivity contribution in [2.75, 3.05) is 17.6 Å². The lowest BCUT2D eigenvalue weighted by Crippen LogP contribution is -2.05. The van der Waals surface area contributed by atoms with Crippen LogP contribution in [0.25, 0.3) is 10.8 Å². The summed E-state index contributed by atoms with van der Waals surface area (Å²) in [5.41, 5.74) is 6.43. The molecule has 3 N–H and O–H groups in total. The van der Waals surface area contributed by atoms with Crippen LogP contribution in [0.15, 0.2) is 48.8 Å². The third-order valence-corrected chi connectivity index (χ3v) is 3.13. The predicted octanol–water partition coefficient (Wildman–Crippen LogP) is 3.44. The SMILES string of the molecule is CCNc1ncnc(Oc2ccc3ccccc3c2)c1N. The zero-order chi connectivity index (χ0) is 14.7. The van der Waals surface area contributed by atoms with Crippen LogP contribution in [0.3, 0.4) is 0 Å². The molecule has 0 radical (unpaired) electrons. The highest BCUT2D eigenvalue weighted by atomic mass is 16.5. The lowest BCUT2D eigenvalue weighted by molar-refractivity contribution is 0.465. The summed E-state index contributed by atoms with van der Waals surface area (Å²) >= 11 is 0. The van der Waals surface area contributed by atoms with Crippen molar-refractivity contribution in [2.24, 2.45) is 0 Å². The summed E-state index contributed by atoms with van der Waals surface area (Å²) in [6.07, 6.45) is 1.44. The van der Waals surface area contributed by atoms with Gasteiger partial charge in [0.2, 0.25) is 5.88 Å². The van der Waals surface area contributed by atoms with E-state index in [0.717, 1.165) is 17.3 Å². The Morgan fingerprint density at radius 2 is 1.90 bits per heavy atom. The topological polar surface area (TPSA) is 73.1 Å². The second kappa shape index (κ2) is 5.66. The van der Waals surface area contributed by atoms with E-state index >= 15 is 0 Å². The molecule has 1 aromatic heterocycles. The predicted molar refractivity (Wildman–Crippen MR) is 84.6 cm³/mol. The first-order chi connectivity index (χ1) is 10.3. The van der Waals surface area contributed by atoms with Gasteiger partial charge in [0.25, 0.3) is 0 Å². The van der Waals surface area contributed by atoms with Crippen LogP contribution in [-0.4, -0.2) is 16.5 Å². The van der Waals surface area contributed by atoms with Gasteiger partial charge >= 0.3 is 0 Å². The Morgan fingerprint density at radius 3 is 2.71 bits per heavy atom. The first-order valence-corrected chi connectivity index (χ1v) is 6.79. The molecular formula is C16H16N4O. The summed E-state index contributed by atoms with van der Waals surface area (Å²) in [6.45, 7) is 2.71. The Bertz CT molecular complexity index is 773. The van der Waals surface area contributed by atoms with Gasteiger partial charge in [-0.1, -0.05) is 30.3 Å². The monoisotopic (exact) mass is 280 g/mol. The number of anilines is 2. The number of hydrogen-bond donors (Lipinski definition) is 2. The maximum Gasteiger partial charge on any atom is 0.248 e. The fraction of sp³-hybridized carbons (Fsp3) is 0.125. The van der Waals surface area contributed by atoms with Crippen molar-refractivity contribution < 1.29 is 4.74 Å². The number of ether oxygens (including phenoxy) is 1. The van der Waals surface area contributed by atoms with Crippen LogP contribution in [0, 0.1) is 0 Å². The van der Waals surface area contributed by atoms with Crippen LogP contribution < -0.4 is 15.8 Å². The number of aromatic nitrogens is 2. The Hall–Kier alpha value is -2.82. The highest BCUT2D eigenvalue weighted by molar-refractivity contribution is 5.83. The van der Waals surface area contributed by atoms with Crippen LogP contribution in [0.1, 0.15) is 6.92 Å². The Balaban J connectivity index is 1.93. The first kappa shape index (κ1) is 13.2. The molecule has 0 aliphatic heterocycles. The van der Waals surface area contributed by atoms with Crippen LogP contribution in [0.5, 0.6) is 11.6 Å². The number of hydrogen-bond acceptors (Lipinski definition) is 5. The molecule has 5 nitrogen and oxygen atoms in total. The molecular weight excluding hydrogens is 264 g/mol. The number of nitrogens with two attached hydrogens (primary N) is 1. The van der Waals surface area contributed by atoms with Gasteiger partial charge in [0.05, 0.1) is 0 Å². The summed E-state index contributed by atoms with van der Waals surface area (Å²) in [7, 11) is 0. The minimum atomic E-state index is 0.358. The quantitative estimate of drug-likeness (QED) is 0.766. The van der Waals surface area contributed by atoms with Gasteiger partial charge in [-0.05, 0) is 29.8 Å². The largest absolute Gasteiger partial charge is 0.437 e. The van der Waals surface area contributed by atoms with E-state index in [1.165, 1.54) is 6.33 Å². The third kappa shape index (κ3) is 2.72. The third-order valence-electron chi connectivity index (χ3n) is 3.13. The van der Waals surface area contributed by atoms with E-state index in [4.69, 9.17) is 10.5 Å². The molecule has 0 atom stereocenters. The highest BCUT2D eigenvalue weighted by Gasteiger charge is 2.09. The molecule has 0 saturated carbocycles. The number of fused-ring (bicyclic) bond motifs is 1. The second-order valence-corrected chi connectivity index (χ2v) is 4.58. The van der Waals surface area contributed by atoms with E-state index in [2.05, 4.69) is 21.4 Å². The van der Waals surface area contributed by atoms with Crippen molar-refractivity contribution in [1.82, 2.24) is 9.97 Å². The smallest absolute Gasteiger partial charge is 0.248 e. The lowest BCUT2D eigenvalue weighted by Gasteiger charge is -2.11. The van der Waals surface area contributed by atoms with Crippen LogP contribution in [0.4, 0.5) is 11.5 Å². The zero-order valence-corrected chi connectivity index (χ0v) is 11.7. The number of nitrogen functional groups attached to an aromatic ring is 1. The summed E-state index contributed by atoms with van der Waals surface area (Å²) in [6, 6.07) is 14.0. The molecule has 3 aromatic rings. The molecule has 0 aliphatic carbocycles. The molecule has 0 amide bonds. The molecule has 0 fully saturated rings. The molecule has 0 spiro atoms. The van der Waals surface area contributed by atoms with Crippen LogP contribution in [-0.2, 0) is 0 Å². The number of nitrogens with zero attached hydrogens (tertiary/aromatic N) is 2. The first-order valence-electron chi connectivity index (χ1n) is 6.79. The molecule has 3 rings (SSSR count). The summed E-state index contributed by atoms with van der Waals surface area (Å²) < 4.78 is 5.79. The van der Waals surface area contributed by atoms with Gasteiger partial charge in [-0.3, -0.25) is 0 Å². The van der Waals surface area contributed by atoms with E-state index in [1.54, 1.807) is 0 Å². The van der Waals surface area contributed by atoms with Crippen molar-refractivity contribution in [3.05, 3.63) is 48.8 Å². The van der Waals surface area contributed by atoms with Gasteiger partial charge in [-0.15, -0.1) is 0 Å². The van der Waals surface area contributed by atoms with E-state index < -0.39 is 0 Å². The number of nitrogens with one attached hydrogen (secondary N) is 1. The van der Waals surface area contributed by atoms with Gasteiger partial charge in [0.15, 0.2) is 5.82 Å². The standard InChI is InChI=1S/C16H16N4O/c1-2-18-15-14(17)16(20-10-19-15)21-13-8-7-11-5-3-4-6-12(11)9-13/h3-10H,2,17H2,1H3,(H,18,19,20). The Kier molecular flexibility index (Phi) is 3.55. The van der Waals surface area contributed by atoms with E-state index in [9.17, 15) is 0 Å². The second-order valence-electron chi connectivity index (χ2n) is 4.58. The van der Waals surface area contributed by atoms with Crippen LogP contribution in [0.2, 0.25) is 0 Å². The van der Waals surface area contributed by atoms with Crippen molar-refractivity contribution in [3.8, 4) is 11.6 Å². The average molecular weight is 280 g/mol. The van der Waals surface area contributed by atoms with Gasteiger partial charge < -0.3 is 15.8 Å². The summed E-state index contributed by atoms with van der Waals surface area (Å²) in [5.74, 6) is 1.64. The normalized spacial score (nSPS) is 10.5. The van der Waals surface area contributed by atoms with Gasteiger partial charge in [-0.25, -0.2) is 4.98 Å².